The summed E-state index contributed by atoms with van der Waals surface area (Å²) >= 11 is 11.4. The number of hydrogen-bond donors (Lipinski definition) is 0. The van der Waals surface area contributed by atoms with Crippen molar-refractivity contribution in [3.63, 3.8) is 0 Å². The first-order chi connectivity index (χ1) is 9.63. The lowest BCUT2D eigenvalue weighted by Crippen LogP contribution is -2.24. The molecule has 0 radical (unpaired) electrons. The van der Waals surface area contributed by atoms with Gasteiger partial charge in [0.1, 0.15) is 11.6 Å². The maximum Gasteiger partial charge on any atom is 0.273 e. The fourth-order valence-corrected chi connectivity index (χ4v) is 1.88. The lowest BCUT2D eigenvalue weighted by molar-refractivity contribution is 0.277. The molecule has 0 bridgehead atoms. The number of nitrogens with zero attached hydrogens (tertiary/aromatic N) is 2. The largest absolute Gasteiger partial charge is 0.493 e. The van der Waals surface area contributed by atoms with Crippen molar-refractivity contribution in [2.45, 2.75) is 6.54 Å². The number of halogens is 2. The molecule has 0 spiro atoms. The molecular formula is C13H12Cl2N2O3. The fourth-order valence-electron chi connectivity index (χ4n) is 1.60. The number of ether oxygens (including phenoxy) is 2. The van der Waals surface area contributed by atoms with Crippen molar-refractivity contribution in [1.82, 2.24) is 9.55 Å². The molecule has 0 fully saturated rings. The first-order valence-corrected chi connectivity index (χ1v) is 6.55. The number of methoxy groups -OCH3 is 1. The molecule has 7 heteroatoms. The summed E-state index contributed by atoms with van der Waals surface area (Å²) in [6.07, 6.45) is 1.34. The first-order valence-electron chi connectivity index (χ1n) is 5.79. The van der Waals surface area contributed by atoms with Crippen molar-refractivity contribution in [3.8, 4) is 11.5 Å². The summed E-state index contributed by atoms with van der Waals surface area (Å²) in [5.41, 5.74) is -0.393. The minimum absolute atomic E-state index is 0.00133. The minimum Gasteiger partial charge on any atom is -0.493 e. The van der Waals surface area contributed by atoms with Crippen LogP contribution in [-0.4, -0.2) is 23.3 Å². The normalized spacial score (nSPS) is 10.3. The zero-order chi connectivity index (χ0) is 14.5. The molecule has 2 rings (SSSR count). The van der Waals surface area contributed by atoms with Gasteiger partial charge in [0.05, 0.1) is 20.0 Å². The van der Waals surface area contributed by atoms with Crippen molar-refractivity contribution in [1.29, 1.82) is 0 Å². The summed E-state index contributed by atoms with van der Waals surface area (Å²) < 4.78 is 12.1. The molecular weight excluding hydrogens is 303 g/mol. The lowest BCUT2D eigenvalue weighted by Gasteiger charge is -2.11. The molecule has 5 nitrogen and oxygen atoms in total. The summed E-state index contributed by atoms with van der Waals surface area (Å²) in [6.45, 7) is 0.584. The Morgan fingerprint density at radius 2 is 1.95 bits per heavy atom. The van der Waals surface area contributed by atoms with E-state index in [1.54, 1.807) is 19.2 Å². The molecule has 0 aliphatic rings. The number of aromatic nitrogens is 2. The van der Waals surface area contributed by atoms with E-state index >= 15 is 0 Å². The van der Waals surface area contributed by atoms with E-state index in [2.05, 4.69) is 4.98 Å². The van der Waals surface area contributed by atoms with Crippen LogP contribution in [0.5, 0.6) is 11.5 Å². The Morgan fingerprint density at radius 1 is 1.25 bits per heavy atom. The summed E-state index contributed by atoms with van der Waals surface area (Å²) in [6, 6.07) is 7.26. The quantitative estimate of drug-likeness (QED) is 0.796. The summed E-state index contributed by atoms with van der Waals surface area (Å²) in [7, 11) is 1.57. The standard InChI is InChI=1S/C13H12Cl2N2O3/c1-19-9-4-2-3-5-10(9)20-7-6-17-8-16-12(15)11(14)13(17)18/h2-5,8H,6-7H2,1H3. The predicted molar refractivity (Wildman–Crippen MR) is 77.0 cm³/mol. The van der Waals surface area contributed by atoms with Gasteiger partial charge in [-0.25, -0.2) is 4.98 Å². The second-order valence-electron chi connectivity index (χ2n) is 3.85. The highest BCUT2D eigenvalue weighted by Gasteiger charge is 2.08. The maximum absolute atomic E-state index is 11.8. The van der Waals surface area contributed by atoms with Gasteiger partial charge in [0, 0.05) is 0 Å². The third-order valence-corrected chi connectivity index (χ3v) is 3.32. The molecule has 0 unspecified atom stereocenters. The van der Waals surface area contributed by atoms with E-state index in [0.29, 0.717) is 18.0 Å². The Labute approximate surface area is 125 Å². The molecule has 1 aromatic heterocycles. The van der Waals surface area contributed by atoms with Crippen LogP contribution in [0.4, 0.5) is 0 Å². The number of rotatable bonds is 5. The van der Waals surface area contributed by atoms with Crippen molar-refractivity contribution in [2.75, 3.05) is 13.7 Å². The Kier molecular flexibility index (Phi) is 4.87. The smallest absolute Gasteiger partial charge is 0.273 e. The molecule has 0 saturated heterocycles. The third-order valence-electron chi connectivity index (χ3n) is 2.60. The van der Waals surface area contributed by atoms with Crippen molar-refractivity contribution in [2.24, 2.45) is 0 Å². The van der Waals surface area contributed by atoms with Crippen LogP contribution in [0.1, 0.15) is 0 Å². The van der Waals surface area contributed by atoms with Crippen LogP contribution in [0.25, 0.3) is 0 Å². The van der Waals surface area contributed by atoms with Crippen LogP contribution in [-0.2, 0) is 6.54 Å². The van der Waals surface area contributed by atoms with E-state index in [0.717, 1.165) is 0 Å². The van der Waals surface area contributed by atoms with Crippen LogP contribution in [0.2, 0.25) is 10.2 Å². The maximum atomic E-state index is 11.8. The van der Waals surface area contributed by atoms with Gasteiger partial charge in [-0.1, -0.05) is 35.3 Å². The average molecular weight is 315 g/mol. The van der Waals surface area contributed by atoms with Gasteiger partial charge in [-0.05, 0) is 12.1 Å². The summed E-state index contributed by atoms with van der Waals surface area (Å²) in [4.78, 5) is 15.6. The van der Waals surface area contributed by atoms with Gasteiger partial charge >= 0.3 is 0 Å². The minimum atomic E-state index is -0.393. The zero-order valence-electron chi connectivity index (χ0n) is 10.7. The second-order valence-corrected chi connectivity index (χ2v) is 4.58. The molecule has 0 N–H and O–H groups in total. The van der Waals surface area contributed by atoms with Crippen molar-refractivity contribution in [3.05, 3.63) is 51.1 Å². The van der Waals surface area contributed by atoms with Crippen LogP contribution >= 0.6 is 23.2 Å². The fraction of sp³-hybridized carbons (Fsp3) is 0.231. The second kappa shape index (κ2) is 6.63. The van der Waals surface area contributed by atoms with Gasteiger partial charge in [0.2, 0.25) is 0 Å². The molecule has 20 heavy (non-hydrogen) atoms. The van der Waals surface area contributed by atoms with E-state index in [-0.39, 0.29) is 16.8 Å². The van der Waals surface area contributed by atoms with Gasteiger partial charge in [-0.15, -0.1) is 0 Å². The number of para-hydroxylation sites is 2. The topological polar surface area (TPSA) is 53.4 Å². The SMILES string of the molecule is COc1ccccc1OCCn1cnc(Cl)c(Cl)c1=O. The predicted octanol–water partition coefficient (Wildman–Crippen LogP) is 2.64. The molecule has 0 saturated carbocycles. The highest BCUT2D eigenvalue weighted by atomic mass is 35.5. The Balaban J connectivity index is 2.03. The molecule has 106 valence electrons. The van der Waals surface area contributed by atoms with E-state index in [1.165, 1.54) is 10.9 Å². The van der Waals surface area contributed by atoms with Gasteiger partial charge in [0.15, 0.2) is 16.7 Å². The van der Waals surface area contributed by atoms with Crippen molar-refractivity contribution < 1.29 is 9.47 Å². The lowest BCUT2D eigenvalue weighted by atomic mass is 10.3. The van der Waals surface area contributed by atoms with E-state index in [4.69, 9.17) is 32.7 Å². The molecule has 0 amide bonds. The van der Waals surface area contributed by atoms with Gasteiger partial charge in [-0.2, -0.15) is 0 Å². The first kappa shape index (κ1) is 14.7. The molecule has 1 aromatic carbocycles. The van der Waals surface area contributed by atoms with Gasteiger partial charge in [0.25, 0.3) is 5.56 Å². The Bertz CT molecular complexity index is 658. The highest BCUT2D eigenvalue weighted by molar-refractivity contribution is 6.40. The highest BCUT2D eigenvalue weighted by Crippen LogP contribution is 2.25. The zero-order valence-corrected chi connectivity index (χ0v) is 12.2. The molecule has 0 aliphatic carbocycles. The third kappa shape index (κ3) is 3.23. The van der Waals surface area contributed by atoms with Crippen LogP contribution in [0, 0.1) is 0 Å². The summed E-state index contributed by atoms with van der Waals surface area (Å²) in [5, 5.41) is -0.0926. The van der Waals surface area contributed by atoms with Gasteiger partial charge in [-0.3, -0.25) is 9.36 Å². The van der Waals surface area contributed by atoms with E-state index in [9.17, 15) is 4.79 Å². The number of benzene rings is 1. The summed E-state index contributed by atoms with van der Waals surface area (Å²) in [5.74, 6) is 1.24. The molecule has 0 atom stereocenters. The monoisotopic (exact) mass is 314 g/mol. The van der Waals surface area contributed by atoms with Gasteiger partial charge < -0.3 is 9.47 Å². The van der Waals surface area contributed by atoms with Crippen molar-refractivity contribution >= 4 is 23.2 Å². The Hall–Kier alpha value is -1.72. The Morgan fingerprint density at radius 3 is 2.65 bits per heavy atom. The van der Waals surface area contributed by atoms with E-state index in [1.807, 2.05) is 12.1 Å². The number of hydrogen-bond acceptors (Lipinski definition) is 4. The average Bonchev–Trinajstić information content (AvgIpc) is 2.47. The van der Waals surface area contributed by atoms with Crippen LogP contribution in [0.3, 0.4) is 0 Å². The molecule has 0 aliphatic heterocycles. The molecule has 1 heterocycles. The molecule has 2 aromatic rings. The van der Waals surface area contributed by atoms with Crippen LogP contribution < -0.4 is 15.0 Å². The van der Waals surface area contributed by atoms with E-state index < -0.39 is 5.56 Å². The van der Waals surface area contributed by atoms with Crippen LogP contribution in [0.15, 0.2) is 35.4 Å².